The Labute approximate surface area is 144 Å². The average Bonchev–Trinajstić information content (AvgIpc) is 2.55. The molecule has 138 valence electrons. The van der Waals surface area contributed by atoms with Gasteiger partial charge in [0.2, 0.25) is 11.8 Å². The predicted molar refractivity (Wildman–Crippen MR) is 92.6 cm³/mol. The van der Waals surface area contributed by atoms with E-state index in [2.05, 4.69) is 27.8 Å². The molecule has 0 spiro atoms. The van der Waals surface area contributed by atoms with E-state index in [1.54, 1.807) is 13.8 Å². The maximum Gasteiger partial charge on any atom is 0.321 e. The van der Waals surface area contributed by atoms with Crippen LogP contribution in [0.4, 0.5) is 4.79 Å². The van der Waals surface area contributed by atoms with Gasteiger partial charge in [0.1, 0.15) is 0 Å². The van der Waals surface area contributed by atoms with Crippen molar-refractivity contribution in [2.45, 2.75) is 39.7 Å². The molecule has 0 radical (unpaired) electrons. The van der Waals surface area contributed by atoms with E-state index in [-0.39, 0.29) is 17.9 Å². The molecule has 0 bridgehead atoms. The molecular formula is C16H31N5O3. The molecule has 1 unspecified atom stereocenters. The summed E-state index contributed by atoms with van der Waals surface area (Å²) >= 11 is 0. The van der Waals surface area contributed by atoms with Crippen molar-refractivity contribution in [1.82, 2.24) is 25.8 Å². The van der Waals surface area contributed by atoms with Crippen LogP contribution >= 0.6 is 0 Å². The Morgan fingerprint density at radius 2 is 1.71 bits per heavy atom. The van der Waals surface area contributed by atoms with Crippen LogP contribution in [0.5, 0.6) is 0 Å². The third kappa shape index (κ3) is 7.27. The molecule has 0 saturated carbocycles. The molecule has 24 heavy (non-hydrogen) atoms. The number of amides is 4. The summed E-state index contributed by atoms with van der Waals surface area (Å²) in [5.41, 5.74) is 0. The molecule has 1 atom stereocenters. The van der Waals surface area contributed by atoms with Crippen LogP contribution in [-0.4, -0.2) is 79.5 Å². The second-order valence-electron chi connectivity index (χ2n) is 6.04. The summed E-state index contributed by atoms with van der Waals surface area (Å²) in [7, 11) is 0. The Hall–Kier alpha value is -1.67. The van der Waals surface area contributed by atoms with Crippen molar-refractivity contribution in [3.63, 3.8) is 0 Å². The van der Waals surface area contributed by atoms with Crippen molar-refractivity contribution < 1.29 is 14.4 Å². The highest BCUT2D eigenvalue weighted by Gasteiger charge is 2.27. The standard InChI is InChI=1S/C16H31N5O3/c1-4-6-7-18-14(22)12-20-8-10-21(11-9-20)13(3)15(23)19-16(24)17-5-2/h13H,4-12H2,1-3H3,(H,18,22)(H2,17,19,23,24). The summed E-state index contributed by atoms with van der Waals surface area (Å²) in [5.74, 6) is -0.245. The van der Waals surface area contributed by atoms with E-state index in [0.717, 1.165) is 32.5 Å². The molecule has 0 aromatic rings. The average molecular weight is 341 g/mol. The summed E-state index contributed by atoms with van der Waals surface area (Å²) in [5, 5.41) is 7.80. The summed E-state index contributed by atoms with van der Waals surface area (Å²) in [6, 6.07) is -0.829. The van der Waals surface area contributed by atoms with Crippen LogP contribution in [0.25, 0.3) is 0 Å². The number of imide groups is 1. The lowest BCUT2D eigenvalue weighted by Crippen LogP contribution is -2.56. The van der Waals surface area contributed by atoms with Crippen molar-refractivity contribution in [2.75, 3.05) is 45.8 Å². The first-order valence-electron chi connectivity index (χ1n) is 8.79. The molecule has 0 aromatic heterocycles. The van der Waals surface area contributed by atoms with E-state index in [9.17, 15) is 14.4 Å². The van der Waals surface area contributed by atoms with Gasteiger partial charge >= 0.3 is 6.03 Å². The lowest BCUT2D eigenvalue weighted by molar-refractivity contribution is -0.127. The molecule has 1 fully saturated rings. The Morgan fingerprint density at radius 3 is 2.29 bits per heavy atom. The Balaban J connectivity index is 2.30. The maximum absolute atomic E-state index is 12.0. The zero-order valence-electron chi connectivity index (χ0n) is 15.1. The van der Waals surface area contributed by atoms with E-state index in [1.807, 2.05) is 4.90 Å². The molecule has 8 nitrogen and oxygen atoms in total. The van der Waals surface area contributed by atoms with Crippen LogP contribution in [0.1, 0.15) is 33.6 Å². The van der Waals surface area contributed by atoms with Crippen LogP contribution in [0, 0.1) is 0 Å². The van der Waals surface area contributed by atoms with E-state index < -0.39 is 6.03 Å². The first kappa shape index (κ1) is 20.4. The monoisotopic (exact) mass is 341 g/mol. The Kier molecular flexibility index (Phi) is 9.33. The number of unbranched alkanes of at least 4 members (excludes halogenated alkanes) is 1. The molecule has 1 saturated heterocycles. The molecule has 0 aromatic carbocycles. The summed E-state index contributed by atoms with van der Waals surface area (Å²) in [6.45, 7) is 10.2. The number of urea groups is 1. The van der Waals surface area contributed by atoms with Gasteiger partial charge in [0.15, 0.2) is 0 Å². The smallest absolute Gasteiger partial charge is 0.321 e. The largest absolute Gasteiger partial charge is 0.355 e. The summed E-state index contributed by atoms with van der Waals surface area (Å²) < 4.78 is 0. The van der Waals surface area contributed by atoms with Crippen molar-refractivity contribution >= 4 is 17.8 Å². The third-order valence-electron chi connectivity index (χ3n) is 4.13. The molecule has 1 heterocycles. The van der Waals surface area contributed by atoms with Gasteiger partial charge in [-0.15, -0.1) is 0 Å². The number of nitrogens with one attached hydrogen (secondary N) is 3. The van der Waals surface area contributed by atoms with Gasteiger partial charge in [-0.2, -0.15) is 0 Å². The maximum atomic E-state index is 12.0. The Bertz CT molecular complexity index is 422. The summed E-state index contributed by atoms with van der Waals surface area (Å²) in [6.07, 6.45) is 2.06. The highest BCUT2D eigenvalue weighted by Crippen LogP contribution is 2.06. The molecule has 1 aliphatic heterocycles. The van der Waals surface area contributed by atoms with E-state index in [4.69, 9.17) is 0 Å². The van der Waals surface area contributed by atoms with Gasteiger partial charge in [0.05, 0.1) is 12.6 Å². The van der Waals surface area contributed by atoms with Gasteiger partial charge < -0.3 is 10.6 Å². The lowest BCUT2D eigenvalue weighted by atomic mass is 10.2. The topological polar surface area (TPSA) is 93.8 Å². The first-order chi connectivity index (χ1) is 11.5. The van der Waals surface area contributed by atoms with Gasteiger partial charge in [-0.25, -0.2) is 4.79 Å². The molecular weight excluding hydrogens is 310 g/mol. The number of nitrogens with zero attached hydrogens (tertiary/aromatic N) is 2. The fourth-order valence-corrected chi connectivity index (χ4v) is 2.56. The second kappa shape index (κ2) is 11.0. The zero-order valence-corrected chi connectivity index (χ0v) is 15.1. The highest BCUT2D eigenvalue weighted by molar-refractivity contribution is 5.96. The molecule has 3 N–H and O–H groups in total. The van der Waals surface area contributed by atoms with Crippen LogP contribution < -0.4 is 16.0 Å². The number of carbonyl (C=O) groups excluding carboxylic acids is 3. The van der Waals surface area contributed by atoms with E-state index >= 15 is 0 Å². The number of hydrogen-bond donors (Lipinski definition) is 3. The van der Waals surface area contributed by atoms with Crippen molar-refractivity contribution in [1.29, 1.82) is 0 Å². The van der Waals surface area contributed by atoms with Gasteiger partial charge in [-0.3, -0.25) is 24.7 Å². The molecule has 1 rings (SSSR count). The van der Waals surface area contributed by atoms with E-state index in [1.165, 1.54) is 0 Å². The van der Waals surface area contributed by atoms with Crippen molar-refractivity contribution in [3.05, 3.63) is 0 Å². The Morgan fingerprint density at radius 1 is 1.04 bits per heavy atom. The van der Waals surface area contributed by atoms with Gasteiger partial charge in [0, 0.05) is 39.3 Å². The van der Waals surface area contributed by atoms with Gasteiger partial charge in [0.25, 0.3) is 0 Å². The van der Waals surface area contributed by atoms with Crippen LogP contribution in [0.15, 0.2) is 0 Å². The number of carbonyl (C=O) groups is 3. The predicted octanol–water partition coefficient (Wildman–Crippen LogP) is -0.245. The normalized spacial score (nSPS) is 17.1. The minimum Gasteiger partial charge on any atom is -0.355 e. The summed E-state index contributed by atoms with van der Waals surface area (Å²) in [4.78, 5) is 39.4. The van der Waals surface area contributed by atoms with Gasteiger partial charge in [-0.1, -0.05) is 13.3 Å². The minimum absolute atomic E-state index is 0.0546. The fourth-order valence-electron chi connectivity index (χ4n) is 2.56. The minimum atomic E-state index is -0.461. The number of rotatable bonds is 8. The van der Waals surface area contributed by atoms with Crippen LogP contribution in [-0.2, 0) is 9.59 Å². The first-order valence-corrected chi connectivity index (χ1v) is 8.79. The highest BCUT2D eigenvalue weighted by atomic mass is 16.2. The van der Waals surface area contributed by atoms with E-state index in [0.29, 0.717) is 26.2 Å². The molecule has 1 aliphatic rings. The van der Waals surface area contributed by atoms with Crippen molar-refractivity contribution in [3.8, 4) is 0 Å². The zero-order chi connectivity index (χ0) is 17.9. The fraction of sp³-hybridized carbons (Fsp3) is 0.812. The quantitative estimate of drug-likeness (QED) is 0.530. The number of piperazine rings is 1. The molecule has 0 aliphatic carbocycles. The van der Waals surface area contributed by atoms with Gasteiger partial charge in [-0.05, 0) is 20.3 Å². The van der Waals surface area contributed by atoms with Crippen LogP contribution in [0.3, 0.4) is 0 Å². The third-order valence-corrected chi connectivity index (χ3v) is 4.13. The molecule has 4 amide bonds. The lowest BCUT2D eigenvalue weighted by Gasteiger charge is -2.36. The van der Waals surface area contributed by atoms with Crippen LogP contribution in [0.2, 0.25) is 0 Å². The number of hydrogen-bond acceptors (Lipinski definition) is 5. The van der Waals surface area contributed by atoms with Crippen molar-refractivity contribution in [2.24, 2.45) is 0 Å². The molecule has 8 heteroatoms. The second-order valence-corrected chi connectivity index (χ2v) is 6.04. The SMILES string of the molecule is CCCCNC(=O)CN1CCN(C(C)C(=O)NC(=O)NCC)CC1.